The Hall–Kier alpha value is -1.29. The third kappa shape index (κ3) is 4.88. The molecule has 1 aliphatic heterocycles. The molecule has 1 atom stereocenters. The first-order valence-corrected chi connectivity index (χ1v) is 7.41. The summed E-state index contributed by atoms with van der Waals surface area (Å²) in [6.45, 7) is 5.00. The zero-order valence-electron chi connectivity index (χ0n) is 11.7. The summed E-state index contributed by atoms with van der Waals surface area (Å²) < 4.78 is 68.0. The van der Waals surface area contributed by atoms with Gasteiger partial charge in [-0.15, -0.1) is 0 Å². The SMILES string of the molecule is CC(C)(C)OC(=O)C1NCCC=C1OS(=O)(=O)C(F)(F)F. The van der Waals surface area contributed by atoms with Gasteiger partial charge in [0.05, 0.1) is 0 Å². The second-order valence-electron chi connectivity index (χ2n) is 5.30. The fraction of sp³-hybridized carbons (Fsp3) is 0.727. The lowest BCUT2D eigenvalue weighted by molar-refractivity contribution is -0.157. The maximum Gasteiger partial charge on any atom is 0.534 e. The van der Waals surface area contributed by atoms with E-state index in [0.717, 1.165) is 6.08 Å². The van der Waals surface area contributed by atoms with Gasteiger partial charge in [-0.25, -0.2) is 4.79 Å². The van der Waals surface area contributed by atoms with E-state index in [2.05, 4.69) is 9.50 Å². The van der Waals surface area contributed by atoms with Crippen LogP contribution in [0.4, 0.5) is 13.2 Å². The first-order valence-electron chi connectivity index (χ1n) is 6.00. The van der Waals surface area contributed by atoms with Gasteiger partial charge in [-0.3, -0.25) is 5.32 Å². The van der Waals surface area contributed by atoms with Gasteiger partial charge in [0.1, 0.15) is 11.4 Å². The van der Waals surface area contributed by atoms with Crippen molar-refractivity contribution < 1.29 is 35.3 Å². The second kappa shape index (κ2) is 5.84. The molecule has 0 saturated heterocycles. The smallest absolute Gasteiger partial charge is 0.458 e. The Morgan fingerprint density at radius 3 is 2.38 bits per heavy atom. The molecule has 10 heteroatoms. The van der Waals surface area contributed by atoms with E-state index in [1.54, 1.807) is 20.8 Å². The maximum absolute atomic E-state index is 12.3. The van der Waals surface area contributed by atoms with Crippen LogP contribution in [0.15, 0.2) is 11.8 Å². The topological polar surface area (TPSA) is 81.7 Å². The van der Waals surface area contributed by atoms with Crippen LogP contribution < -0.4 is 5.32 Å². The summed E-state index contributed by atoms with van der Waals surface area (Å²) in [5.74, 6) is -1.54. The molecule has 0 amide bonds. The van der Waals surface area contributed by atoms with Gasteiger partial charge < -0.3 is 8.92 Å². The van der Waals surface area contributed by atoms with E-state index >= 15 is 0 Å². The van der Waals surface area contributed by atoms with Crippen LogP contribution >= 0.6 is 0 Å². The number of ether oxygens (including phenoxy) is 1. The van der Waals surface area contributed by atoms with E-state index in [0.29, 0.717) is 0 Å². The summed E-state index contributed by atoms with van der Waals surface area (Å²) in [5.41, 5.74) is -6.44. The maximum atomic E-state index is 12.3. The van der Waals surface area contributed by atoms with Crippen LogP contribution in [0.3, 0.4) is 0 Å². The van der Waals surface area contributed by atoms with Crippen LogP contribution in [0.5, 0.6) is 0 Å². The number of carbonyl (C=O) groups is 1. The molecule has 6 nitrogen and oxygen atoms in total. The van der Waals surface area contributed by atoms with E-state index in [9.17, 15) is 26.4 Å². The van der Waals surface area contributed by atoms with Crippen molar-refractivity contribution in [2.24, 2.45) is 0 Å². The zero-order valence-corrected chi connectivity index (χ0v) is 12.5. The minimum Gasteiger partial charge on any atom is -0.458 e. The highest BCUT2D eigenvalue weighted by Gasteiger charge is 2.50. The first-order chi connectivity index (χ1) is 9.33. The normalized spacial score (nSPS) is 20.7. The fourth-order valence-electron chi connectivity index (χ4n) is 1.48. The number of hydrogen-bond donors (Lipinski definition) is 1. The molecule has 1 heterocycles. The summed E-state index contributed by atoms with van der Waals surface area (Å²) in [7, 11) is -5.82. The standard InChI is InChI=1S/C11H16F3NO5S/c1-10(2,3)19-9(16)8-7(5-4-6-15-8)20-21(17,18)11(12,13)14/h5,8,15H,4,6H2,1-3H3. The van der Waals surface area contributed by atoms with Gasteiger partial charge in [0, 0.05) is 0 Å². The van der Waals surface area contributed by atoms with Gasteiger partial charge in [-0.2, -0.15) is 21.6 Å². The number of esters is 1. The Bertz CT molecular complexity index is 533. The van der Waals surface area contributed by atoms with Crippen LogP contribution in [0.2, 0.25) is 0 Å². The van der Waals surface area contributed by atoms with Crippen molar-refractivity contribution in [3.8, 4) is 0 Å². The third-order valence-electron chi connectivity index (χ3n) is 2.25. The number of alkyl halides is 3. The molecule has 0 aromatic rings. The highest BCUT2D eigenvalue weighted by Crippen LogP contribution is 2.28. The molecule has 1 rings (SSSR count). The quantitative estimate of drug-likeness (QED) is 0.479. The summed E-state index contributed by atoms with van der Waals surface area (Å²) in [4.78, 5) is 11.9. The molecule has 0 aromatic carbocycles. The molecular weight excluding hydrogens is 315 g/mol. The largest absolute Gasteiger partial charge is 0.534 e. The van der Waals surface area contributed by atoms with Crippen LogP contribution in [0, 0.1) is 0 Å². The van der Waals surface area contributed by atoms with Gasteiger partial charge in [0.2, 0.25) is 0 Å². The van der Waals surface area contributed by atoms with Crippen molar-refractivity contribution in [2.75, 3.05) is 6.54 Å². The van der Waals surface area contributed by atoms with Crippen molar-refractivity contribution in [1.82, 2.24) is 5.32 Å². The Kier molecular flexibility index (Phi) is 4.94. The van der Waals surface area contributed by atoms with Crippen molar-refractivity contribution >= 4 is 16.1 Å². The molecule has 21 heavy (non-hydrogen) atoms. The lowest BCUT2D eigenvalue weighted by Crippen LogP contribution is -2.46. The molecule has 1 unspecified atom stereocenters. The van der Waals surface area contributed by atoms with E-state index in [-0.39, 0.29) is 13.0 Å². The Morgan fingerprint density at radius 2 is 1.90 bits per heavy atom. The van der Waals surface area contributed by atoms with Gasteiger partial charge in [-0.05, 0) is 39.8 Å². The van der Waals surface area contributed by atoms with Gasteiger partial charge in [0.15, 0.2) is 6.04 Å². The van der Waals surface area contributed by atoms with Crippen LogP contribution in [-0.4, -0.2) is 38.1 Å². The van der Waals surface area contributed by atoms with Crippen molar-refractivity contribution in [2.45, 2.75) is 44.3 Å². The molecule has 1 aliphatic rings. The molecule has 0 bridgehead atoms. The third-order valence-corrected chi connectivity index (χ3v) is 3.23. The van der Waals surface area contributed by atoms with E-state index in [4.69, 9.17) is 4.74 Å². The van der Waals surface area contributed by atoms with Crippen molar-refractivity contribution in [1.29, 1.82) is 0 Å². The van der Waals surface area contributed by atoms with Crippen LogP contribution in [0.25, 0.3) is 0 Å². The number of rotatable bonds is 3. The van der Waals surface area contributed by atoms with E-state index < -0.39 is 39.0 Å². The monoisotopic (exact) mass is 331 g/mol. The van der Waals surface area contributed by atoms with E-state index in [1.165, 1.54) is 0 Å². The average Bonchev–Trinajstić information content (AvgIpc) is 2.25. The molecule has 0 radical (unpaired) electrons. The first kappa shape index (κ1) is 17.8. The number of nitrogens with one attached hydrogen (secondary N) is 1. The summed E-state index contributed by atoms with van der Waals surface area (Å²) in [6, 6.07) is -1.39. The Balaban J connectivity index is 2.94. The minimum absolute atomic E-state index is 0.224. The van der Waals surface area contributed by atoms with Gasteiger partial charge >= 0.3 is 21.6 Å². The number of halogens is 3. The Labute approximate surface area is 120 Å². The van der Waals surface area contributed by atoms with Gasteiger partial charge in [0.25, 0.3) is 0 Å². The van der Waals surface area contributed by atoms with Crippen molar-refractivity contribution in [3.05, 3.63) is 11.8 Å². The molecule has 0 aliphatic carbocycles. The van der Waals surface area contributed by atoms with Crippen LogP contribution in [-0.2, 0) is 23.8 Å². The molecule has 0 spiro atoms. The lowest BCUT2D eigenvalue weighted by Gasteiger charge is -2.27. The van der Waals surface area contributed by atoms with Crippen molar-refractivity contribution in [3.63, 3.8) is 0 Å². The second-order valence-corrected chi connectivity index (χ2v) is 6.84. The highest BCUT2D eigenvalue weighted by atomic mass is 32.2. The predicted octanol–water partition coefficient (Wildman–Crippen LogP) is 1.44. The summed E-state index contributed by atoms with van der Waals surface area (Å²) in [5, 5.41) is 2.57. The summed E-state index contributed by atoms with van der Waals surface area (Å²) in [6.07, 6.45) is 1.34. The fourth-order valence-corrected chi connectivity index (χ4v) is 1.99. The van der Waals surface area contributed by atoms with E-state index in [1.807, 2.05) is 0 Å². The van der Waals surface area contributed by atoms with Gasteiger partial charge in [-0.1, -0.05) is 0 Å². The minimum atomic E-state index is -5.82. The molecule has 0 fully saturated rings. The lowest BCUT2D eigenvalue weighted by atomic mass is 10.1. The molecule has 0 aromatic heterocycles. The Morgan fingerprint density at radius 1 is 1.33 bits per heavy atom. The predicted molar refractivity (Wildman–Crippen MR) is 66.4 cm³/mol. The number of carbonyl (C=O) groups excluding carboxylic acids is 1. The molecule has 1 N–H and O–H groups in total. The molecule has 0 saturated carbocycles. The number of hydrogen-bond acceptors (Lipinski definition) is 6. The zero-order chi connectivity index (χ0) is 16.5. The van der Waals surface area contributed by atoms with Crippen LogP contribution in [0.1, 0.15) is 27.2 Å². The average molecular weight is 331 g/mol. The molecular formula is C11H16F3NO5S. The highest BCUT2D eigenvalue weighted by molar-refractivity contribution is 7.87. The summed E-state index contributed by atoms with van der Waals surface area (Å²) >= 11 is 0. The molecule has 122 valence electrons.